The van der Waals surface area contributed by atoms with Gasteiger partial charge in [-0.1, -0.05) is 17.7 Å². The van der Waals surface area contributed by atoms with E-state index in [-0.39, 0.29) is 11.8 Å². The second-order valence-corrected chi connectivity index (χ2v) is 9.04. The minimum atomic E-state index is -0.140. The number of thiophene rings is 2. The van der Waals surface area contributed by atoms with Crippen LogP contribution in [0.25, 0.3) is 9.88 Å². The summed E-state index contributed by atoms with van der Waals surface area (Å²) in [5, 5.41) is 8.38. The van der Waals surface area contributed by atoms with Crippen LogP contribution in [0.5, 0.6) is 0 Å². The molecule has 0 aromatic carbocycles. The quantitative estimate of drug-likeness (QED) is 0.549. The zero-order valence-electron chi connectivity index (χ0n) is 13.9. The highest BCUT2D eigenvalue weighted by atomic mass is 35.5. The summed E-state index contributed by atoms with van der Waals surface area (Å²) in [6.07, 6.45) is 0.661. The first kappa shape index (κ1) is 19.0. The van der Waals surface area contributed by atoms with Gasteiger partial charge in [0.15, 0.2) is 0 Å². The summed E-state index contributed by atoms with van der Waals surface area (Å²) in [4.78, 5) is 30.9. The third-order valence-electron chi connectivity index (χ3n) is 3.46. The maximum Gasteiger partial charge on any atom is 0.263 e. The van der Waals surface area contributed by atoms with Gasteiger partial charge in [0.1, 0.15) is 9.88 Å². The summed E-state index contributed by atoms with van der Waals surface area (Å²) in [5.74, 6) is -0.220. The van der Waals surface area contributed by atoms with E-state index in [1.54, 1.807) is 6.07 Å². The lowest BCUT2D eigenvalue weighted by Gasteiger charge is -2.05. The van der Waals surface area contributed by atoms with Crippen molar-refractivity contribution in [3.8, 4) is 9.88 Å². The fourth-order valence-electron chi connectivity index (χ4n) is 2.21. The van der Waals surface area contributed by atoms with E-state index in [4.69, 9.17) is 11.6 Å². The van der Waals surface area contributed by atoms with Gasteiger partial charge in [-0.15, -0.1) is 34.0 Å². The fourth-order valence-corrected chi connectivity index (χ4v) is 4.93. The van der Waals surface area contributed by atoms with Crippen LogP contribution >= 0.6 is 45.6 Å². The van der Waals surface area contributed by atoms with Gasteiger partial charge in [-0.3, -0.25) is 9.59 Å². The number of aryl methyl sites for hydroxylation is 1. The third-order valence-corrected chi connectivity index (χ3v) is 6.88. The van der Waals surface area contributed by atoms with E-state index in [1.165, 1.54) is 34.0 Å². The second-order valence-electron chi connectivity index (χ2n) is 5.38. The van der Waals surface area contributed by atoms with Gasteiger partial charge >= 0.3 is 0 Å². The molecule has 26 heavy (non-hydrogen) atoms. The van der Waals surface area contributed by atoms with E-state index in [0.29, 0.717) is 39.3 Å². The van der Waals surface area contributed by atoms with Gasteiger partial charge in [0.25, 0.3) is 11.8 Å². The number of carbonyl (C=O) groups excluding carboxylic acids is 2. The highest BCUT2D eigenvalue weighted by molar-refractivity contribution is 7.24. The van der Waals surface area contributed by atoms with Crippen LogP contribution in [0.4, 0.5) is 0 Å². The molecule has 3 aromatic heterocycles. The van der Waals surface area contributed by atoms with Gasteiger partial charge in [0, 0.05) is 13.1 Å². The monoisotopic (exact) mass is 425 g/mol. The number of nitrogens with zero attached hydrogens (tertiary/aromatic N) is 1. The first-order valence-corrected chi connectivity index (χ1v) is 10.8. The molecule has 3 aromatic rings. The Hall–Kier alpha value is -1.74. The van der Waals surface area contributed by atoms with Crippen LogP contribution in [0.2, 0.25) is 4.34 Å². The van der Waals surface area contributed by atoms with E-state index in [0.717, 1.165) is 9.88 Å². The van der Waals surface area contributed by atoms with Crippen molar-refractivity contribution < 1.29 is 9.59 Å². The Morgan fingerprint density at radius 1 is 1.12 bits per heavy atom. The van der Waals surface area contributed by atoms with Gasteiger partial charge in [-0.25, -0.2) is 4.98 Å². The predicted octanol–water partition coefficient (Wildman–Crippen LogP) is 4.44. The average molecular weight is 426 g/mol. The molecule has 5 nitrogen and oxygen atoms in total. The van der Waals surface area contributed by atoms with Crippen molar-refractivity contribution in [2.75, 3.05) is 13.1 Å². The van der Waals surface area contributed by atoms with Gasteiger partial charge in [0.05, 0.1) is 19.8 Å². The zero-order chi connectivity index (χ0) is 18.5. The van der Waals surface area contributed by atoms with Crippen molar-refractivity contribution in [3.63, 3.8) is 0 Å². The van der Waals surface area contributed by atoms with Crippen molar-refractivity contribution in [2.45, 2.75) is 13.3 Å². The topological polar surface area (TPSA) is 71.1 Å². The Labute approximate surface area is 168 Å². The SMILES string of the molecule is Cc1nc(-c2ccc(Cl)s2)sc1C(=O)NCCCNC(=O)c1cccs1. The maximum absolute atomic E-state index is 12.4. The lowest BCUT2D eigenvalue weighted by molar-refractivity contribution is 0.0955. The van der Waals surface area contributed by atoms with Crippen LogP contribution in [0.3, 0.4) is 0 Å². The Bertz CT molecular complexity index is 902. The van der Waals surface area contributed by atoms with Crippen LogP contribution < -0.4 is 10.6 Å². The summed E-state index contributed by atoms with van der Waals surface area (Å²) in [6, 6.07) is 7.36. The Morgan fingerprint density at radius 2 is 1.88 bits per heavy atom. The number of amides is 2. The third kappa shape index (κ3) is 4.70. The molecule has 0 bridgehead atoms. The molecule has 0 aliphatic heterocycles. The largest absolute Gasteiger partial charge is 0.351 e. The number of nitrogens with one attached hydrogen (secondary N) is 2. The van der Waals surface area contributed by atoms with Crippen molar-refractivity contribution in [3.05, 3.63) is 49.4 Å². The number of carbonyl (C=O) groups is 2. The molecule has 0 spiro atoms. The van der Waals surface area contributed by atoms with Crippen molar-refractivity contribution in [1.29, 1.82) is 0 Å². The average Bonchev–Trinajstić information content (AvgIpc) is 3.34. The molecule has 0 saturated carbocycles. The Balaban J connectivity index is 1.46. The molecule has 0 radical (unpaired) electrons. The molecule has 9 heteroatoms. The molecule has 0 unspecified atom stereocenters. The van der Waals surface area contributed by atoms with Gasteiger partial charge < -0.3 is 10.6 Å². The molecule has 0 aliphatic carbocycles. The second kappa shape index (κ2) is 8.77. The number of rotatable bonds is 7. The lowest BCUT2D eigenvalue weighted by Crippen LogP contribution is -2.29. The van der Waals surface area contributed by atoms with Crippen LogP contribution in [0.15, 0.2) is 29.6 Å². The molecule has 3 rings (SSSR count). The van der Waals surface area contributed by atoms with Crippen LogP contribution in [-0.2, 0) is 0 Å². The zero-order valence-corrected chi connectivity index (χ0v) is 17.1. The number of hydrogen-bond acceptors (Lipinski definition) is 6. The summed E-state index contributed by atoms with van der Waals surface area (Å²) in [7, 11) is 0. The summed E-state index contributed by atoms with van der Waals surface area (Å²) in [5.41, 5.74) is 0.707. The molecular formula is C17H16ClN3O2S3. The van der Waals surface area contributed by atoms with E-state index in [2.05, 4.69) is 15.6 Å². The van der Waals surface area contributed by atoms with Crippen LogP contribution in [0.1, 0.15) is 31.5 Å². The normalized spacial score (nSPS) is 10.7. The highest BCUT2D eigenvalue weighted by Gasteiger charge is 2.16. The lowest BCUT2D eigenvalue weighted by atomic mass is 10.3. The number of aromatic nitrogens is 1. The van der Waals surface area contributed by atoms with Crippen molar-refractivity contribution >= 4 is 57.4 Å². The molecule has 136 valence electrons. The van der Waals surface area contributed by atoms with Crippen molar-refractivity contribution in [2.24, 2.45) is 0 Å². The molecule has 3 heterocycles. The molecule has 0 atom stereocenters. The smallest absolute Gasteiger partial charge is 0.263 e. The first-order chi connectivity index (χ1) is 12.5. The van der Waals surface area contributed by atoms with E-state index in [9.17, 15) is 9.59 Å². The first-order valence-electron chi connectivity index (χ1n) is 7.87. The van der Waals surface area contributed by atoms with Gasteiger partial charge in [-0.05, 0) is 36.9 Å². The molecule has 0 saturated heterocycles. The molecule has 2 amide bonds. The van der Waals surface area contributed by atoms with E-state index < -0.39 is 0 Å². The minimum Gasteiger partial charge on any atom is -0.351 e. The molecule has 0 fully saturated rings. The summed E-state index contributed by atoms with van der Waals surface area (Å²) in [6.45, 7) is 2.82. The number of halogens is 1. The molecule has 2 N–H and O–H groups in total. The Kier molecular flexibility index (Phi) is 6.42. The van der Waals surface area contributed by atoms with Gasteiger partial charge in [0.2, 0.25) is 0 Å². The van der Waals surface area contributed by atoms with Crippen LogP contribution in [0, 0.1) is 6.92 Å². The Morgan fingerprint density at radius 3 is 2.54 bits per heavy atom. The van der Waals surface area contributed by atoms with Crippen LogP contribution in [-0.4, -0.2) is 29.9 Å². The van der Waals surface area contributed by atoms with E-state index in [1.807, 2.05) is 30.5 Å². The fraction of sp³-hybridized carbons (Fsp3) is 0.235. The maximum atomic E-state index is 12.4. The predicted molar refractivity (Wildman–Crippen MR) is 109 cm³/mol. The van der Waals surface area contributed by atoms with E-state index >= 15 is 0 Å². The molecular weight excluding hydrogens is 410 g/mol. The van der Waals surface area contributed by atoms with Crippen molar-refractivity contribution in [1.82, 2.24) is 15.6 Å². The number of thiazole rings is 1. The standard InChI is InChI=1S/C17H16ClN3O2S3/c1-10-14(26-17(21-10)12-5-6-13(18)25-12)16(23)20-8-3-7-19-15(22)11-4-2-9-24-11/h2,4-6,9H,3,7-8H2,1H3,(H,19,22)(H,20,23). The van der Waals surface area contributed by atoms with Gasteiger partial charge in [-0.2, -0.15) is 0 Å². The minimum absolute atomic E-state index is 0.0797. The number of hydrogen-bond donors (Lipinski definition) is 2. The summed E-state index contributed by atoms with van der Waals surface area (Å²) < 4.78 is 0.698. The molecule has 0 aliphatic rings. The highest BCUT2D eigenvalue weighted by Crippen LogP contribution is 2.34. The summed E-state index contributed by atoms with van der Waals surface area (Å²) >= 11 is 10.2.